The Morgan fingerprint density at radius 3 is 2.91 bits per heavy atom. The lowest BCUT2D eigenvalue weighted by atomic mass is 10.2. The molecule has 0 unspecified atom stereocenters. The van der Waals surface area contributed by atoms with Crippen molar-refractivity contribution in [1.29, 1.82) is 0 Å². The summed E-state index contributed by atoms with van der Waals surface area (Å²) in [6, 6.07) is 7.53. The molecule has 2 heterocycles. The summed E-state index contributed by atoms with van der Waals surface area (Å²) in [6.07, 6.45) is 1.66. The maximum atomic E-state index is 11.2. The van der Waals surface area contributed by atoms with Gasteiger partial charge in [0.1, 0.15) is 16.8 Å². The molecule has 1 atom stereocenters. The Kier molecular flexibility index (Phi) is 4.93. The molecule has 0 bridgehead atoms. The van der Waals surface area contributed by atoms with E-state index in [-0.39, 0.29) is 6.04 Å². The second-order valence-electron chi connectivity index (χ2n) is 5.57. The molecule has 6 heteroatoms. The van der Waals surface area contributed by atoms with Gasteiger partial charge in [-0.3, -0.25) is 9.69 Å². The van der Waals surface area contributed by atoms with E-state index in [0.29, 0.717) is 13.2 Å². The van der Waals surface area contributed by atoms with Crippen LogP contribution in [0.3, 0.4) is 0 Å². The lowest BCUT2D eigenvalue weighted by Gasteiger charge is -2.19. The van der Waals surface area contributed by atoms with Crippen LogP contribution in [0.2, 0.25) is 0 Å². The van der Waals surface area contributed by atoms with Gasteiger partial charge in [-0.15, -0.1) is 11.3 Å². The predicted octanol–water partition coefficient (Wildman–Crippen LogP) is 3.26. The number of carboxylic acids is 1. The van der Waals surface area contributed by atoms with Crippen LogP contribution in [-0.2, 0) is 11.3 Å². The largest absolute Gasteiger partial charge is 0.494 e. The highest BCUT2D eigenvalue weighted by atomic mass is 32.1. The number of ether oxygens (including phenoxy) is 1. The third-order valence-corrected chi connectivity index (χ3v) is 4.92. The van der Waals surface area contributed by atoms with E-state index >= 15 is 0 Å². The molecule has 0 radical (unpaired) electrons. The lowest BCUT2D eigenvalue weighted by molar-refractivity contribution is -0.142. The maximum absolute atomic E-state index is 11.2. The van der Waals surface area contributed by atoms with Crippen LogP contribution >= 0.6 is 11.3 Å². The normalized spacial score (nSPS) is 18.2. The van der Waals surface area contributed by atoms with Crippen molar-refractivity contribution in [3.8, 4) is 16.3 Å². The van der Waals surface area contributed by atoms with Crippen LogP contribution in [0.1, 0.15) is 25.5 Å². The van der Waals surface area contributed by atoms with Crippen molar-refractivity contribution < 1.29 is 14.6 Å². The molecular weight excluding hydrogens is 312 g/mol. The standard InChI is InChI=1S/C17H20N2O3S/c1-2-22-14-7-5-12(6-8-14)16-18-13(11-23-16)10-19-9-3-4-15(19)17(20)21/h5-8,11,15H,2-4,9-10H2,1H3,(H,20,21)/t15-/m0/s1. The molecule has 23 heavy (non-hydrogen) atoms. The molecule has 5 nitrogen and oxygen atoms in total. The van der Waals surface area contributed by atoms with E-state index in [1.807, 2.05) is 41.5 Å². The molecule has 0 amide bonds. The van der Waals surface area contributed by atoms with Crippen molar-refractivity contribution in [2.75, 3.05) is 13.2 Å². The molecule has 2 aromatic rings. The molecule has 1 N–H and O–H groups in total. The first-order valence-corrected chi connectivity index (χ1v) is 8.70. The smallest absolute Gasteiger partial charge is 0.320 e. The van der Waals surface area contributed by atoms with Crippen molar-refractivity contribution in [3.63, 3.8) is 0 Å². The topological polar surface area (TPSA) is 62.7 Å². The van der Waals surface area contributed by atoms with Crippen molar-refractivity contribution >= 4 is 17.3 Å². The molecule has 0 spiro atoms. The van der Waals surface area contributed by atoms with Crippen LogP contribution in [0, 0.1) is 0 Å². The highest BCUT2D eigenvalue weighted by Crippen LogP contribution is 2.27. The van der Waals surface area contributed by atoms with Crippen LogP contribution < -0.4 is 4.74 Å². The number of carbonyl (C=O) groups is 1. The first kappa shape index (κ1) is 16.0. The van der Waals surface area contributed by atoms with Crippen LogP contribution in [0.5, 0.6) is 5.75 Å². The molecule has 1 aromatic carbocycles. The highest BCUT2D eigenvalue weighted by Gasteiger charge is 2.30. The molecule has 0 aliphatic carbocycles. The Morgan fingerprint density at radius 1 is 1.43 bits per heavy atom. The minimum atomic E-state index is -0.732. The van der Waals surface area contributed by atoms with E-state index in [4.69, 9.17) is 4.74 Å². The van der Waals surface area contributed by atoms with Crippen LogP contribution in [-0.4, -0.2) is 40.2 Å². The molecule has 1 aliphatic heterocycles. The van der Waals surface area contributed by atoms with Gasteiger partial charge in [0, 0.05) is 17.5 Å². The number of thiazole rings is 1. The zero-order valence-corrected chi connectivity index (χ0v) is 13.9. The average molecular weight is 332 g/mol. The SMILES string of the molecule is CCOc1ccc(-c2nc(CN3CCC[C@H]3C(=O)O)cs2)cc1. The summed E-state index contributed by atoms with van der Waals surface area (Å²) in [5.41, 5.74) is 1.99. The summed E-state index contributed by atoms with van der Waals surface area (Å²) >= 11 is 1.59. The molecule has 1 saturated heterocycles. The van der Waals surface area contributed by atoms with Gasteiger partial charge in [0.05, 0.1) is 12.3 Å². The Labute approximate surface area is 139 Å². The molecule has 1 fully saturated rings. The monoisotopic (exact) mass is 332 g/mol. The van der Waals surface area contributed by atoms with Crippen molar-refractivity contribution in [1.82, 2.24) is 9.88 Å². The number of carboxylic acid groups (broad SMARTS) is 1. The number of aromatic nitrogens is 1. The highest BCUT2D eigenvalue weighted by molar-refractivity contribution is 7.13. The third-order valence-electron chi connectivity index (χ3n) is 3.98. The summed E-state index contributed by atoms with van der Waals surface area (Å²) in [5, 5.41) is 12.2. The Bertz CT molecular complexity index is 669. The van der Waals surface area contributed by atoms with Gasteiger partial charge in [0.2, 0.25) is 0 Å². The molecule has 1 aliphatic rings. The van der Waals surface area contributed by atoms with Crippen LogP contribution in [0.4, 0.5) is 0 Å². The number of likely N-dealkylation sites (tertiary alicyclic amines) is 1. The molecule has 1 aromatic heterocycles. The number of benzene rings is 1. The fraction of sp³-hybridized carbons (Fsp3) is 0.412. The quantitative estimate of drug-likeness (QED) is 0.880. The fourth-order valence-electron chi connectivity index (χ4n) is 2.88. The third kappa shape index (κ3) is 3.71. The number of nitrogens with zero attached hydrogens (tertiary/aromatic N) is 2. The average Bonchev–Trinajstić information content (AvgIpc) is 3.18. The Morgan fingerprint density at radius 2 is 2.22 bits per heavy atom. The lowest BCUT2D eigenvalue weighted by Crippen LogP contribution is -2.35. The summed E-state index contributed by atoms with van der Waals surface area (Å²) in [4.78, 5) is 17.9. The molecule has 3 rings (SSSR count). The number of hydrogen-bond acceptors (Lipinski definition) is 5. The second kappa shape index (κ2) is 7.10. The Balaban J connectivity index is 1.69. The van der Waals surface area contributed by atoms with Gasteiger partial charge in [-0.25, -0.2) is 4.98 Å². The number of hydrogen-bond donors (Lipinski definition) is 1. The van der Waals surface area contributed by atoms with E-state index in [2.05, 4.69) is 4.98 Å². The van der Waals surface area contributed by atoms with Gasteiger partial charge in [0.25, 0.3) is 0 Å². The first-order chi connectivity index (χ1) is 11.2. The maximum Gasteiger partial charge on any atom is 0.320 e. The van der Waals surface area contributed by atoms with Gasteiger partial charge in [0.15, 0.2) is 0 Å². The van der Waals surface area contributed by atoms with Crippen molar-refractivity contribution in [2.45, 2.75) is 32.4 Å². The van der Waals surface area contributed by atoms with Gasteiger partial charge in [-0.1, -0.05) is 0 Å². The number of aliphatic carboxylic acids is 1. The van der Waals surface area contributed by atoms with Crippen LogP contribution in [0.25, 0.3) is 10.6 Å². The van der Waals surface area contributed by atoms with Gasteiger partial charge in [-0.05, 0) is 50.6 Å². The molecular formula is C17H20N2O3S. The number of rotatable bonds is 6. The van der Waals surface area contributed by atoms with Gasteiger partial charge < -0.3 is 9.84 Å². The Hall–Kier alpha value is -1.92. The van der Waals surface area contributed by atoms with E-state index in [9.17, 15) is 9.90 Å². The fourth-order valence-corrected chi connectivity index (χ4v) is 3.69. The summed E-state index contributed by atoms with van der Waals surface area (Å²) < 4.78 is 5.45. The van der Waals surface area contributed by atoms with Crippen LogP contribution in [0.15, 0.2) is 29.6 Å². The second-order valence-corrected chi connectivity index (χ2v) is 6.43. The summed E-state index contributed by atoms with van der Waals surface area (Å²) in [5.74, 6) is 0.124. The van der Waals surface area contributed by atoms with E-state index in [1.54, 1.807) is 11.3 Å². The summed E-state index contributed by atoms with van der Waals surface area (Å²) in [7, 11) is 0. The van der Waals surface area contributed by atoms with Gasteiger partial charge >= 0.3 is 5.97 Å². The minimum absolute atomic E-state index is 0.370. The molecule has 0 saturated carbocycles. The summed E-state index contributed by atoms with van der Waals surface area (Å²) in [6.45, 7) is 4.04. The van der Waals surface area contributed by atoms with Crippen molar-refractivity contribution in [2.24, 2.45) is 0 Å². The van der Waals surface area contributed by atoms with Gasteiger partial charge in [-0.2, -0.15) is 0 Å². The zero-order chi connectivity index (χ0) is 16.2. The first-order valence-electron chi connectivity index (χ1n) is 7.82. The predicted molar refractivity (Wildman–Crippen MR) is 89.8 cm³/mol. The van der Waals surface area contributed by atoms with E-state index in [1.165, 1.54) is 0 Å². The van der Waals surface area contributed by atoms with E-state index < -0.39 is 5.97 Å². The minimum Gasteiger partial charge on any atom is -0.494 e. The van der Waals surface area contributed by atoms with Crippen molar-refractivity contribution in [3.05, 3.63) is 35.3 Å². The molecule has 122 valence electrons. The zero-order valence-electron chi connectivity index (χ0n) is 13.1. The van der Waals surface area contributed by atoms with E-state index in [0.717, 1.165) is 41.4 Å².